The summed E-state index contributed by atoms with van der Waals surface area (Å²) >= 11 is 1.04. The minimum Gasteiger partial charge on any atom is -0.497 e. The van der Waals surface area contributed by atoms with Crippen molar-refractivity contribution < 1.29 is 18.7 Å². The summed E-state index contributed by atoms with van der Waals surface area (Å²) in [5, 5.41) is 10.1. The number of anilines is 2. The molecule has 0 aliphatic carbocycles. The average molecular weight is 373 g/mol. The number of hydrogen-bond donors (Lipinski definition) is 2. The van der Waals surface area contributed by atoms with Gasteiger partial charge in [0.25, 0.3) is 0 Å². The number of nitrogens with zero attached hydrogens (tertiary/aromatic N) is 1. The molecule has 1 heterocycles. The Labute approximate surface area is 153 Å². The van der Waals surface area contributed by atoms with E-state index < -0.39 is 11.1 Å². The molecule has 134 valence electrons. The Bertz CT molecular complexity index is 840. The number of benzene rings is 2. The number of ether oxygens (including phenoxy) is 1. The van der Waals surface area contributed by atoms with Crippen molar-refractivity contribution in [2.24, 2.45) is 0 Å². The van der Waals surface area contributed by atoms with Crippen molar-refractivity contribution in [2.75, 3.05) is 17.3 Å². The van der Waals surface area contributed by atoms with E-state index in [0.29, 0.717) is 17.1 Å². The number of nitrogens with one attached hydrogen (secondary N) is 2. The van der Waals surface area contributed by atoms with Gasteiger partial charge in [0.05, 0.1) is 12.8 Å². The molecule has 26 heavy (non-hydrogen) atoms. The number of rotatable bonds is 5. The number of hydrogen-bond acceptors (Lipinski definition) is 5. The first-order valence-corrected chi connectivity index (χ1v) is 8.64. The van der Waals surface area contributed by atoms with E-state index in [1.54, 1.807) is 31.4 Å². The molecule has 8 heteroatoms. The number of halogens is 1. The van der Waals surface area contributed by atoms with E-state index >= 15 is 0 Å². The minimum atomic E-state index is -0.676. The van der Waals surface area contributed by atoms with Gasteiger partial charge < -0.3 is 10.1 Å². The zero-order valence-corrected chi connectivity index (χ0v) is 14.7. The molecule has 1 saturated heterocycles. The Hall–Kier alpha value is -2.87. The van der Waals surface area contributed by atoms with Gasteiger partial charge in [-0.3, -0.25) is 19.9 Å². The second-order valence-electron chi connectivity index (χ2n) is 5.54. The van der Waals surface area contributed by atoms with Gasteiger partial charge in [0.1, 0.15) is 16.8 Å². The number of carbonyl (C=O) groups is 2. The summed E-state index contributed by atoms with van der Waals surface area (Å²) in [4.78, 5) is 26.0. The molecule has 1 unspecified atom stereocenters. The van der Waals surface area contributed by atoms with Crippen LogP contribution >= 0.6 is 11.8 Å². The van der Waals surface area contributed by atoms with E-state index in [9.17, 15) is 14.0 Å². The maximum absolute atomic E-state index is 12.9. The van der Waals surface area contributed by atoms with Crippen LogP contribution in [0.15, 0.2) is 48.5 Å². The Morgan fingerprint density at radius 1 is 1.23 bits per heavy atom. The Morgan fingerprint density at radius 3 is 2.50 bits per heavy atom. The van der Waals surface area contributed by atoms with Gasteiger partial charge in [-0.05, 0) is 48.5 Å². The zero-order chi connectivity index (χ0) is 18.7. The van der Waals surface area contributed by atoms with Crippen LogP contribution in [0.1, 0.15) is 6.42 Å². The van der Waals surface area contributed by atoms with Gasteiger partial charge in [-0.25, -0.2) is 4.39 Å². The molecule has 6 nitrogen and oxygen atoms in total. The van der Waals surface area contributed by atoms with E-state index in [1.165, 1.54) is 29.2 Å². The maximum Gasteiger partial charge on any atom is 0.247 e. The molecule has 0 spiro atoms. The van der Waals surface area contributed by atoms with Crippen LogP contribution in [0.25, 0.3) is 0 Å². The number of carbonyl (C=O) groups excluding carboxylic acids is 2. The van der Waals surface area contributed by atoms with Crippen molar-refractivity contribution >= 4 is 40.1 Å². The summed E-state index contributed by atoms with van der Waals surface area (Å²) < 4.78 is 18.0. The molecule has 2 aromatic rings. The minimum absolute atomic E-state index is 0.0692. The normalized spacial score (nSPS) is 16.7. The monoisotopic (exact) mass is 373 g/mol. The molecule has 1 aliphatic rings. The SMILES string of the molecule is COc1ccc(N2C(=N)SC(CC(=O)Nc3ccc(F)cc3)C2=O)cc1. The van der Waals surface area contributed by atoms with Crippen molar-refractivity contribution in [3.8, 4) is 5.75 Å². The molecule has 1 atom stereocenters. The van der Waals surface area contributed by atoms with Gasteiger partial charge >= 0.3 is 0 Å². The lowest BCUT2D eigenvalue weighted by molar-refractivity contribution is -0.121. The summed E-state index contributed by atoms with van der Waals surface area (Å²) in [5.74, 6) is -0.436. The van der Waals surface area contributed by atoms with Crippen molar-refractivity contribution in [2.45, 2.75) is 11.7 Å². The highest BCUT2D eigenvalue weighted by molar-refractivity contribution is 8.16. The lowest BCUT2D eigenvalue weighted by Crippen LogP contribution is -2.33. The third-order valence-corrected chi connectivity index (χ3v) is 4.84. The third kappa shape index (κ3) is 3.85. The standard InChI is InChI=1S/C18H16FN3O3S/c1-25-14-8-6-13(7-9-14)22-17(24)15(26-18(22)20)10-16(23)21-12-4-2-11(19)3-5-12/h2-9,15,20H,10H2,1H3,(H,21,23). The fraction of sp³-hybridized carbons (Fsp3) is 0.167. The Balaban J connectivity index is 1.66. The van der Waals surface area contributed by atoms with Crippen LogP contribution in [0, 0.1) is 11.2 Å². The molecule has 0 saturated carbocycles. The van der Waals surface area contributed by atoms with Gasteiger partial charge in [0.2, 0.25) is 11.8 Å². The lowest BCUT2D eigenvalue weighted by atomic mass is 10.2. The topological polar surface area (TPSA) is 82.5 Å². The molecular weight excluding hydrogens is 357 g/mol. The number of amidine groups is 1. The summed E-state index contributed by atoms with van der Waals surface area (Å²) in [5.41, 5.74) is 1.00. The van der Waals surface area contributed by atoms with E-state index in [4.69, 9.17) is 10.1 Å². The predicted octanol–water partition coefficient (Wildman–Crippen LogP) is 3.25. The van der Waals surface area contributed by atoms with E-state index in [1.807, 2.05) is 0 Å². The summed E-state index contributed by atoms with van der Waals surface area (Å²) in [6.45, 7) is 0. The van der Waals surface area contributed by atoms with Crippen molar-refractivity contribution in [3.63, 3.8) is 0 Å². The quantitative estimate of drug-likeness (QED) is 0.843. The first kappa shape index (κ1) is 17.9. The highest BCUT2D eigenvalue weighted by Gasteiger charge is 2.39. The maximum atomic E-state index is 12.9. The molecule has 1 fully saturated rings. The summed E-state index contributed by atoms with van der Waals surface area (Å²) in [6, 6.07) is 12.2. The second-order valence-corrected chi connectivity index (χ2v) is 6.73. The molecule has 3 rings (SSSR count). The van der Waals surface area contributed by atoms with Crippen molar-refractivity contribution in [1.82, 2.24) is 0 Å². The molecule has 0 radical (unpaired) electrons. The lowest BCUT2D eigenvalue weighted by Gasteiger charge is -2.15. The molecule has 0 aromatic heterocycles. The van der Waals surface area contributed by atoms with Crippen LogP contribution in [0.5, 0.6) is 5.75 Å². The molecular formula is C18H16FN3O3S. The summed E-state index contributed by atoms with van der Waals surface area (Å²) in [6.07, 6.45) is -0.0735. The van der Waals surface area contributed by atoms with Gasteiger partial charge in [0.15, 0.2) is 5.17 Å². The first-order chi connectivity index (χ1) is 12.5. The van der Waals surface area contributed by atoms with Crippen LogP contribution in [0.4, 0.5) is 15.8 Å². The van der Waals surface area contributed by atoms with Crippen LogP contribution in [0.2, 0.25) is 0 Å². The smallest absolute Gasteiger partial charge is 0.247 e. The van der Waals surface area contributed by atoms with Gasteiger partial charge in [-0.2, -0.15) is 0 Å². The molecule has 0 bridgehead atoms. The second kappa shape index (κ2) is 7.57. The number of amides is 2. The highest BCUT2D eigenvalue weighted by Crippen LogP contribution is 2.33. The van der Waals surface area contributed by atoms with Gasteiger partial charge in [-0.1, -0.05) is 11.8 Å². The van der Waals surface area contributed by atoms with Gasteiger partial charge in [-0.15, -0.1) is 0 Å². The molecule has 2 amide bonds. The van der Waals surface area contributed by atoms with Crippen LogP contribution in [-0.2, 0) is 9.59 Å². The van der Waals surface area contributed by atoms with Crippen LogP contribution < -0.4 is 15.0 Å². The first-order valence-electron chi connectivity index (χ1n) is 7.76. The van der Waals surface area contributed by atoms with Crippen molar-refractivity contribution in [3.05, 3.63) is 54.3 Å². The van der Waals surface area contributed by atoms with E-state index in [0.717, 1.165) is 11.8 Å². The summed E-state index contributed by atoms with van der Waals surface area (Å²) in [7, 11) is 1.55. The van der Waals surface area contributed by atoms with Crippen LogP contribution in [-0.4, -0.2) is 29.3 Å². The third-order valence-electron chi connectivity index (χ3n) is 3.78. The van der Waals surface area contributed by atoms with Crippen LogP contribution in [0.3, 0.4) is 0 Å². The average Bonchev–Trinajstić information content (AvgIpc) is 2.90. The molecule has 2 aromatic carbocycles. The fourth-order valence-corrected chi connectivity index (χ4v) is 3.51. The molecule has 1 aliphatic heterocycles. The number of thioether (sulfide) groups is 1. The van der Waals surface area contributed by atoms with Crippen molar-refractivity contribution in [1.29, 1.82) is 5.41 Å². The van der Waals surface area contributed by atoms with E-state index in [2.05, 4.69) is 5.32 Å². The Morgan fingerprint density at radius 2 is 1.88 bits per heavy atom. The number of methoxy groups -OCH3 is 1. The van der Waals surface area contributed by atoms with Gasteiger partial charge in [0, 0.05) is 12.1 Å². The largest absolute Gasteiger partial charge is 0.497 e. The predicted molar refractivity (Wildman–Crippen MR) is 99.2 cm³/mol. The van der Waals surface area contributed by atoms with E-state index in [-0.39, 0.29) is 23.4 Å². The Kier molecular flexibility index (Phi) is 5.22. The zero-order valence-electron chi connectivity index (χ0n) is 13.9. The highest BCUT2D eigenvalue weighted by atomic mass is 32.2. The molecule has 2 N–H and O–H groups in total. The fourth-order valence-electron chi connectivity index (χ4n) is 2.50.